The van der Waals surface area contributed by atoms with Crippen LogP contribution in [-0.2, 0) is 11.2 Å². The predicted octanol–water partition coefficient (Wildman–Crippen LogP) is 6.42. The number of hydrogen-bond acceptors (Lipinski definition) is 7. The van der Waals surface area contributed by atoms with E-state index in [-0.39, 0.29) is 18.6 Å². The van der Waals surface area contributed by atoms with Crippen molar-refractivity contribution in [2.45, 2.75) is 38.8 Å². The molecule has 0 bridgehead atoms. The van der Waals surface area contributed by atoms with Crippen LogP contribution in [0.5, 0.6) is 5.75 Å². The van der Waals surface area contributed by atoms with Gasteiger partial charge in [-0.25, -0.2) is 9.78 Å². The molecular formula is C27H28ClN7O3. The van der Waals surface area contributed by atoms with Gasteiger partial charge >= 0.3 is 5.97 Å². The zero-order valence-electron chi connectivity index (χ0n) is 21.3. The first-order valence-electron chi connectivity index (χ1n) is 12.1. The molecule has 10 nitrogen and oxygen atoms in total. The van der Waals surface area contributed by atoms with Crippen molar-refractivity contribution in [1.82, 2.24) is 14.4 Å². The Morgan fingerprint density at radius 2 is 2.21 bits per heavy atom. The molecule has 0 aliphatic carbocycles. The SMILES string of the molecule is CCOC(=O)c1cnc2cccn2c1.C[C@@H](Nc1cccnc1)c1cc(Cl)cc2c1OC(C)(CN=[N+]=[N-])C2. The van der Waals surface area contributed by atoms with Crippen LogP contribution in [0.2, 0.25) is 5.02 Å². The Bertz CT molecular complexity index is 1470. The van der Waals surface area contributed by atoms with Crippen LogP contribution in [0.4, 0.5) is 5.69 Å². The van der Waals surface area contributed by atoms with Gasteiger partial charge in [0.1, 0.15) is 17.0 Å². The van der Waals surface area contributed by atoms with E-state index < -0.39 is 5.60 Å². The molecule has 0 fully saturated rings. The number of nitrogens with zero attached hydrogens (tertiary/aromatic N) is 6. The van der Waals surface area contributed by atoms with Crippen LogP contribution in [-0.4, -0.2) is 39.1 Å². The topological polar surface area (TPSA) is 127 Å². The van der Waals surface area contributed by atoms with Crippen LogP contribution < -0.4 is 10.1 Å². The molecule has 2 atom stereocenters. The smallest absolute Gasteiger partial charge is 0.341 e. The average Bonchev–Trinajstić information content (AvgIpc) is 3.51. The van der Waals surface area contributed by atoms with Crippen LogP contribution >= 0.6 is 11.6 Å². The fraction of sp³-hybridized carbons (Fsp3) is 0.296. The van der Waals surface area contributed by atoms with Gasteiger partial charge in [-0.2, -0.15) is 0 Å². The van der Waals surface area contributed by atoms with Gasteiger partial charge in [0.25, 0.3) is 0 Å². The number of aromatic nitrogens is 3. The number of nitrogens with one attached hydrogen (secondary N) is 1. The highest BCUT2D eigenvalue weighted by Gasteiger charge is 2.36. The van der Waals surface area contributed by atoms with E-state index in [0.29, 0.717) is 23.6 Å². The number of halogens is 1. The van der Waals surface area contributed by atoms with E-state index in [1.807, 2.05) is 56.4 Å². The normalized spacial score (nSPS) is 16.3. The fourth-order valence-electron chi connectivity index (χ4n) is 4.22. The summed E-state index contributed by atoms with van der Waals surface area (Å²) in [4.78, 5) is 22.4. The highest BCUT2D eigenvalue weighted by atomic mass is 35.5. The highest BCUT2D eigenvalue weighted by Crippen LogP contribution is 2.42. The third kappa shape index (κ3) is 6.34. The van der Waals surface area contributed by atoms with E-state index in [1.54, 1.807) is 29.9 Å². The minimum Gasteiger partial charge on any atom is -0.486 e. The first kappa shape index (κ1) is 26.8. The van der Waals surface area contributed by atoms with E-state index in [1.165, 1.54) is 6.20 Å². The zero-order chi connectivity index (χ0) is 27.1. The summed E-state index contributed by atoms with van der Waals surface area (Å²) in [5.41, 5.74) is 12.3. The Kier molecular flexibility index (Phi) is 8.35. The molecule has 1 N–H and O–H groups in total. The Morgan fingerprint density at radius 3 is 2.95 bits per heavy atom. The lowest BCUT2D eigenvalue weighted by molar-refractivity contribution is 0.0525. The molecule has 196 valence electrons. The van der Waals surface area contributed by atoms with Gasteiger partial charge in [-0.15, -0.1) is 0 Å². The molecule has 5 rings (SSSR count). The molecule has 0 spiro atoms. The molecule has 1 unspecified atom stereocenters. The molecule has 11 heteroatoms. The van der Waals surface area contributed by atoms with Crippen molar-refractivity contribution >= 4 is 28.9 Å². The van der Waals surface area contributed by atoms with Crippen molar-refractivity contribution in [1.29, 1.82) is 0 Å². The summed E-state index contributed by atoms with van der Waals surface area (Å²) in [7, 11) is 0. The lowest BCUT2D eigenvalue weighted by Crippen LogP contribution is -2.33. The van der Waals surface area contributed by atoms with Crippen LogP contribution in [0.1, 0.15) is 48.3 Å². The number of benzene rings is 1. The molecule has 38 heavy (non-hydrogen) atoms. The molecule has 1 aromatic carbocycles. The maximum Gasteiger partial charge on any atom is 0.341 e. The van der Waals surface area contributed by atoms with Crippen LogP contribution in [0.3, 0.4) is 0 Å². The second-order valence-corrected chi connectivity index (χ2v) is 9.48. The van der Waals surface area contributed by atoms with Crippen molar-refractivity contribution in [2.75, 3.05) is 18.5 Å². The summed E-state index contributed by atoms with van der Waals surface area (Å²) in [6.07, 6.45) is 9.23. The van der Waals surface area contributed by atoms with Gasteiger partial charge in [-0.05, 0) is 68.3 Å². The molecule has 0 amide bonds. The minimum absolute atomic E-state index is 0.0107. The van der Waals surface area contributed by atoms with E-state index >= 15 is 0 Å². The van der Waals surface area contributed by atoms with Crippen LogP contribution in [0, 0.1) is 0 Å². The first-order valence-corrected chi connectivity index (χ1v) is 12.5. The molecule has 0 saturated heterocycles. The molecular weight excluding hydrogens is 506 g/mol. The van der Waals surface area contributed by atoms with E-state index in [2.05, 4.69) is 25.3 Å². The number of azide groups is 1. The molecule has 1 aliphatic heterocycles. The largest absolute Gasteiger partial charge is 0.486 e. The summed E-state index contributed by atoms with van der Waals surface area (Å²) in [6.45, 7) is 6.42. The molecule has 0 saturated carbocycles. The van der Waals surface area contributed by atoms with Gasteiger partial charge in [0.15, 0.2) is 0 Å². The van der Waals surface area contributed by atoms with Gasteiger partial charge in [0.05, 0.1) is 30.4 Å². The Morgan fingerprint density at radius 1 is 1.37 bits per heavy atom. The molecule has 3 aromatic heterocycles. The third-order valence-corrected chi connectivity index (χ3v) is 6.15. The standard InChI is InChI=1S/C17H18ClN5O.C10H10N2O2/c1-11(22-14-4-3-5-20-9-14)15-7-13(18)6-12-8-17(2,10-21-23-19)24-16(12)15;1-2-14-10(13)8-6-11-9-4-3-5-12(9)7-8/h3-7,9,11,22H,8,10H2,1-2H3;3-7H,2H2,1H3/t11-,17?;/m1./s1. The Labute approximate surface area is 225 Å². The summed E-state index contributed by atoms with van der Waals surface area (Å²) in [5, 5.41) is 7.74. The monoisotopic (exact) mass is 533 g/mol. The van der Waals surface area contributed by atoms with Crippen molar-refractivity contribution < 1.29 is 14.3 Å². The van der Waals surface area contributed by atoms with Crippen molar-refractivity contribution in [3.8, 4) is 5.75 Å². The predicted molar refractivity (Wildman–Crippen MR) is 146 cm³/mol. The molecule has 0 radical (unpaired) electrons. The van der Waals surface area contributed by atoms with Gasteiger partial charge < -0.3 is 19.2 Å². The number of carbonyl (C=O) groups excluding carboxylic acids is 1. The number of rotatable bonds is 7. The number of esters is 1. The Hall–Kier alpha value is -4.27. The van der Waals surface area contributed by atoms with Gasteiger partial charge in [-0.3, -0.25) is 4.98 Å². The van der Waals surface area contributed by atoms with Crippen LogP contribution in [0.15, 0.2) is 72.5 Å². The fourth-order valence-corrected chi connectivity index (χ4v) is 4.47. The Balaban J connectivity index is 0.000000204. The van der Waals surface area contributed by atoms with Gasteiger partial charge in [0, 0.05) is 52.9 Å². The number of hydrogen-bond donors (Lipinski definition) is 1. The summed E-state index contributed by atoms with van der Waals surface area (Å²) in [6, 6.07) is 11.4. The summed E-state index contributed by atoms with van der Waals surface area (Å²) < 4.78 is 12.8. The molecule has 4 heterocycles. The lowest BCUT2D eigenvalue weighted by Gasteiger charge is -2.23. The second-order valence-electron chi connectivity index (χ2n) is 9.05. The van der Waals surface area contributed by atoms with Crippen molar-refractivity contribution in [2.24, 2.45) is 5.11 Å². The second kappa shape index (κ2) is 11.9. The highest BCUT2D eigenvalue weighted by molar-refractivity contribution is 6.30. The quantitative estimate of drug-likeness (QED) is 0.126. The third-order valence-electron chi connectivity index (χ3n) is 5.93. The maximum atomic E-state index is 11.3. The molecule has 4 aromatic rings. The van der Waals surface area contributed by atoms with Crippen LogP contribution in [0.25, 0.3) is 16.1 Å². The van der Waals surface area contributed by atoms with E-state index in [0.717, 1.165) is 28.2 Å². The van der Waals surface area contributed by atoms with Gasteiger partial charge in [-0.1, -0.05) is 16.7 Å². The summed E-state index contributed by atoms with van der Waals surface area (Å²) >= 11 is 6.30. The van der Waals surface area contributed by atoms with E-state index in [4.69, 9.17) is 26.6 Å². The average molecular weight is 534 g/mol. The zero-order valence-corrected chi connectivity index (χ0v) is 22.1. The number of ether oxygens (including phenoxy) is 2. The first-order chi connectivity index (χ1) is 18.3. The van der Waals surface area contributed by atoms with E-state index in [9.17, 15) is 4.79 Å². The minimum atomic E-state index is -0.540. The summed E-state index contributed by atoms with van der Waals surface area (Å²) in [5.74, 6) is 0.481. The number of carbonyl (C=O) groups is 1. The van der Waals surface area contributed by atoms with Gasteiger partial charge in [0.2, 0.25) is 0 Å². The lowest BCUT2D eigenvalue weighted by atomic mass is 9.97. The number of anilines is 1. The maximum absolute atomic E-state index is 11.3. The van der Waals surface area contributed by atoms with Crippen molar-refractivity contribution in [3.05, 3.63) is 99.5 Å². The molecule has 1 aliphatic rings. The number of fused-ring (bicyclic) bond motifs is 2. The number of pyridine rings is 1. The van der Waals surface area contributed by atoms with Crippen molar-refractivity contribution in [3.63, 3.8) is 0 Å².